The van der Waals surface area contributed by atoms with Gasteiger partial charge in [0.25, 0.3) is 0 Å². The van der Waals surface area contributed by atoms with Gasteiger partial charge in [0.15, 0.2) is 0 Å². The van der Waals surface area contributed by atoms with Crippen LogP contribution in [-0.2, 0) is 14.3 Å². The molecule has 2 aliphatic rings. The number of carboxylic acids is 1. The van der Waals surface area contributed by atoms with Crippen molar-refractivity contribution in [3.05, 3.63) is 35.5 Å². The number of hydrogen-bond donors (Lipinski definition) is 1. The molecule has 2 rings (SSSR count). The van der Waals surface area contributed by atoms with Crippen molar-refractivity contribution in [2.45, 2.75) is 38.7 Å². The van der Waals surface area contributed by atoms with E-state index < -0.39 is 5.97 Å². The lowest BCUT2D eigenvalue weighted by Crippen LogP contribution is -2.16. The van der Waals surface area contributed by atoms with Crippen LogP contribution in [0.5, 0.6) is 0 Å². The Morgan fingerprint density at radius 2 is 2.21 bits per heavy atom. The first-order valence-electron chi connectivity index (χ1n) is 6.48. The van der Waals surface area contributed by atoms with Crippen molar-refractivity contribution >= 4 is 11.9 Å². The maximum absolute atomic E-state index is 11.6. The summed E-state index contributed by atoms with van der Waals surface area (Å²) in [7, 11) is 0. The van der Waals surface area contributed by atoms with E-state index in [1.807, 2.05) is 13.0 Å². The van der Waals surface area contributed by atoms with Crippen molar-refractivity contribution < 1.29 is 19.4 Å². The number of carboxylic acid groups (broad SMARTS) is 1. The monoisotopic (exact) mass is 262 g/mol. The summed E-state index contributed by atoms with van der Waals surface area (Å²) in [5.41, 5.74) is 1.99. The second kappa shape index (κ2) is 5.43. The highest BCUT2D eigenvalue weighted by molar-refractivity contribution is 5.91. The molecule has 102 valence electrons. The number of rotatable bonds is 1. The maximum Gasteiger partial charge on any atom is 0.334 e. The van der Waals surface area contributed by atoms with Gasteiger partial charge in [-0.3, -0.25) is 0 Å². The Morgan fingerprint density at radius 1 is 1.47 bits per heavy atom. The molecule has 0 radical (unpaired) electrons. The highest BCUT2D eigenvalue weighted by atomic mass is 16.5. The van der Waals surface area contributed by atoms with Crippen molar-refractivity contribution in [2.24, 2.45) is 5.92 Å². The summed E-state index contributed by atoms with van der Waals surface area (Å²) in [5, 5.41) is 9.14. The first-order valence-corrected chi connectivity index (χ1v) is 6.48. The molecule has 1 aliphatic carbocycles. The third kappa shape index (κ3) is 2.95. The van der Waals surface area contributed by atoms with E-state index in [-0.39, 0.29) is 18.0 Å². The topological polar surface area (TPSA) is 63.6 Å². The zero-order chi connectivity index (χ0) is 14.0. The number of carbonyl (C=O) groups excluding carboxylic acids is 1. The summed E-state index contributed by atoms with van der Waals surface area (Å²) in [4.78, 5) is 22.7. The molecule has 2 atom stereocenters. The van der Waals surface area contributed by atoms with Crippen LogP contribution >= 0.6 is 0 Å². The summed E-state index contributed by atoms with van der Waals surface area (Å²) in [5.74, 6) is -1.35. The Labute approximate surface area is 112 Å². The lowest BCUT2D eigenvalue weighted by molar-refractivity contribution is -0.137. The van der Waals surface area contributed by atoms with Crippen LogP contribution in [0.15, 0.2) is 35.5 Å². The van der Waals surface area contributed by atoms with Gasteiger partial charge in [0.05, 0.1) is 0 Å². The number of aliphatic carboxylic acids is 1. The van der Waals surface area contributed by atoms with Crippen molar-refractivity contribution in [3.8, 4) is 0 Å². The summed E-state index contributed by atoms with van der Waals surface area (Å²) in [6.07, 6.45) is 5.98. The van der Waals surface area contributed by atoms with Gasteiger partial charge in [0.1, 0.15) is 6.10 Å². The van der Waals surface area contributed by atoms with Crippen LogP contribution in [0.4, 0.5) is 0 Å². The molecule has 1 fully saturated rings. The molecular formula is C15H18O4. The lowest BCUT2D eigenvalue weighted by atomic mass is 9.88. The second-order valence-corrected chi connectivity index (χ2v) is 5.13. The van der Waals surface area contributed by atoms with Crippen molar-refractivity contribution in [2.75, 3.05) is 0 Å². The molecule has 0 bridgehead atoms. The van der Waals surface area contributed by atoms with E-state index in [9.17, 15) is 9.59 Å². The normalized spacial score (nSPS) is 28.1. The molecule has 0 aromatic carbocycles. The summed E-state index contributed by atoms with van der Waals surface area (Å²) >= 11 is 0. The van der Waals surface area contributed by atoms with Gasteiger partial charge in [-0.15, -0.1) is 0 Å². The van der Waals surface area contributed by atoms with Crippen LogP contribution in [-0.4, -0.2) is 23.1 Å². The minimum Gasteiger partial charge on any atom is -0.478 e. The standard InChI is InChI=1S/C15H18O4/c1-9-4-3-5-11(14(16)17)6-7-12-10(2)15(18)19-13(12)8-9/h5,8,12-13H,2-4,6-7H2,1H3,(H,16,17)/t12-,13+/m0/s1. The number of allylic oxidation sites excluding steroid dienone is 2. The molecule has 19 heavy (non-hydrogen) atoms. The van der Waals surface area contributed by atoms with E-state index in [1.165, 1.54) is 0 Å². The average Bonchev–Trinajstić information content (AvgIpc) is 2.60. The summed E-state index contributed by atoms with van der Waals surface area (Å²) in [6.45, 7) is 5.74. The molecule has 1 N–H and O–H groups in total. The molecule has 1 heterocycles. The Bertz CT molecular complexity index is 484. The van der Waals surface area contributed by atoms with E-state index in [2.05, 4.69) is 6.58 Å². The predicted molar refractivity (Wildman–Crippen MR) is 70.5 cm³/mol. The maximum atomic E-state index is 11.6. The number of hydrogen-bond acceptors (Lipinski definition) is 3. The van der Waals surface area contributed by atoms with Gasteiger partial charge in [-0.05, 0) is 38.7 Å². The quantitative estimate of drug-likeness (QED) is 0.448. The summed E-state index contributed by atoms with van der Waals surface area (Å²) in [6, 6.07) is 0. The minimum atomic E-state index is -0.880. The zero-order valence-electron chi connectivity index (χ0n) is 11.0. The van der Waals surface area contributed by atoms with Crippen LogP contribution in [0.3, 0.4) is 0 Å². The lowest BCUT2D eigenvalue weighted by Gasteiger charge is -2.17. The number of ether oxygens (including phenoxy) is 1. The van der Waals surface area contributed by atoms with Crippen molar-refractivity contribution in [3.63, 3.8) is 0 Å². The second-order valence-electron chi connectivity index (χ2n) is 5.13. The largest absolute Gasteiger partial charge is 0.478 e. The van der Waals surface area contributed by atoms with Crippen molar-refractivity contribution in [1.29, 1.82) is 0 Å². The van der Waals surface area contributed by atoms with Gasteiger partial charge in [0, 0.05) is 17.1 Å². The Balaban J connectivity index is 2.26. The molecule has 0 aromatic heterocycles. The molecule has 1 saturated heterocycles. The van der Waals surface area contributed by atoms with Gasteiger partial charge in [-0.1, -0.05) is 18.2 Å². The van der Waals surface area contributed by atoms with Crippen molar-refractivity contribution in [1.82, 2.24) is 0 Å². The zero-order valence-corrected chi connectivity index (χ0v) is 11.0. The molecular weight excluding hydrogens is 244 g/mol. The molecule has 0 spiro atoms. The fraction of sp³-hybridized carbons (Fsp3) is 0.467. The molecule has 0 amide bonds. The Morgan fingerprint density at radius 3 is 2.89 bits per heavy atom. The van der Waals surface area contributed by atoms with Crippen LogP contribution in [0.1, 0.15) is 32.6 Å². The number of fused-ring (bicyclic) bond motifs is 1. The summed E-state index contributed by atoms with van der Waals surface area (Å²) < 4.78 is 5.29. The third-order valence-electron chi connectivity index (χ3n) is 3.73. The van der Waals surface area contributed by atoms with E-state index in [0.29, 0.717) is 30.4 Å². The smallest absolute Gasteiger partial charge is 0.334 e. The van der Waals surface area contributed by atoms with E-state index >= 15 is 0 Å². The van der Waals surface area contributed by atoms with Gasteiger partial charge in [-0.25, -0.2) is 9.59 Å². The van der Waals surface area contributed by atoms with Crippen LogP contribution < -0.4 is 0 Å². The molecule has 0 saturated carbocycles. The fourth-order valence-corrected chi connectivity index (χ4v) is 2.56. The Kier molecular flexibility index (Phi) is 3.88. The van der Waals surface area contributed by atoms with E-state index in [1.54, 1.807) is 6.08 Å². The highest BCUT2D eigenvalue weighted by Gasteiger charge is 2.37. The van der Waals surface area contributed by atoms with E-state index in [4.69, 9.17) is 9.84 Å². The molecule has 4 nitrogen and oxygen atoms in total. The molecule has 0 unspecified atom stereocenters. The molecule has 4 heteroatoms. The van der Waals surface area contributed by atoms with E-state index in [0.717, 1.165) is 12.0 Å². The molecule has 1 aliphatic heterocycles. The first-order chi connectivity index (χ1) is 8.99. The Hall–Kier alpha value is -1.84. The number of carbonyl (C=O) groups is 2. The van der Waals surface area contributed by atoms with Gasteiger partial charge >= 0.3 is 11.9 Å². The number of esters is 1. The first kappa shape index (κ1) is 13.6. The SMILES string of the molecule is C=C1C(=O)O[C@@H]2C=C(C)CCC=C(C(=O)O)CC[C@@H]12. The fourth-order valence-electron chi connectivity index (χ4n) is 2.56. The highest BCUT2D eigenvalue weighted by Crippen LogP contribution is 2.34. The van der Waals surface area contributed by atoms with Crippen LogP contribution in [0, 0.1) is 5.92 Å². The predicted octanol–water partition coefficient (Wildman–Crippen LogP) is 2.62. The van der Waals surface area contributed by atoms with Gasteiger partial charge in [0.2, 0.25) is 0 Å². The van der Waals surface area contributed by atoms with Crippen LogP contribution in [0.25, 0.3) is 0 Å². The van der Waals surface area contributed by atoms with Crippen LogP contribution in [0.2, 0.25) is 0 Å². The minimum absolute atomic E-state index is 0.108. The third-order valence-corrected chi connectivity index (χ3v) is 3.73. The average molecular weight is 262 g/mol. The molecule has 0 aromatic rings. The van der Waals surface area contributed by atoms with Gasteiger partial charge < -0.3 is 9.84 Å². The van der Waals surface area contributed by atoms with Gasteiger partial charge in [-0.2, -0.15) is 0 Å².